The van der Waals surface area contributed by atoms with Crippen LogP contribution in [0.1, 0.15) is 44.7 Å². The molecule has 13 heteroatoms. The molecule has 0 heterocycles. The van der Waals surface area contributed by atoms with Crippen LogP contribution in [0.2, 0.25) is 0 Å². The van der Waals surface area contributed by atoms with Gasteiger partial charge in [-0.25, -0.2) is 8.42 Å². The first-order valence-electron chi connectivity index (χ1n) is 14.5. The number of aryl methyl sites for hydroxylation is 1. The van der Waals surface area contributed by atoms with Crippen LogP contribution in [0.3, 0.4) is 0 Å². The Bertz CT molecular complexity index is 1590. The van der Waals surface area contributed by atoms with E-state index in [9.17, 15) is 28.1 Å². The number of benzene rings is 3. The number of rotatable bonds is 15. The van der Waals surface area contributed by atoms with Gasteiger partial charge in [0.25, 0.3) is 15.7 Å². The summed E-state index contributed by atoms with van der Waals surface area (Å²) in [6, 6.07) is 15.6. The zero-order valence-electron chi connectivity index (χ0n) is 26.3. The number of hydrogen-bond donors (Lipinski definition) is 1. The van der Waals surface area contributed by atoms with Gasteiger partial charge in [-0.3, -0.25) is 24.0 Å². The molecule has 0 unspecified atom stereocenters. The SMILES string of the molecule is CC[C@@H](C)NC(=O)[C@@H](CC)N(Cc1ccc(OC)cc1)C(=O)CN(c1ccc(OC)cc1)S(=O)(=O)c1ccc(C)c([N+](=O)[O-])c1. The Morgan fingerprint density at radius 3 is 2.02 bits per heavy atom. The molecule has 0 saturated carbocycles. The molecule has 12 nitrogen and oxygen atoms in total. The highest BCUT2D eigenvalue weighted by molar-refractivity contribution is 7.92. The van der Waals surface area contributed by atoms with Gasteiger partial charge in [0.2, 0.25) is 11.8 Å². The molecule has 3 aromatic carbocycles. The molecule has 2 amide bonds. The van der Waals surface area contributed by atoms with Crippen LogP contribution < -0.4 is 19.1 Å². The van der Waals surface area contributed by atoms with Gasteiger partial charge in [0, 0.05) is 24.2 Å². The Kier molecular flexibility index (Phi) is 11.9. The molecule has 3 aromatic rings. The number of ether oxygens (including phenoxy) is 2. The molecular weight excluding hydrogens is 600 g/mol. The second-order valence-electron chi connectivity index (χ2n) is 10.5. The van der Waals surface area contributed by atoms with Gasteiger partial charge in [-0.2, -0.15) is 0 Å². The fourth-order valence-corrected chi connectivity index (χ4v) is 6.07. The van der Waals surface area contributed by atoms with Crippen molar-refractivity contribution in [2.24, 2.45) is 0 Å². The molecule has 0 saturated heterocycles. The van der Waals surface area contributed by atoms with Crippen LogP contribution >= 0.6 is 0 Å². The van der Waals surface area contributed by atoms with Crippen LogP contribution in [0.25, 0.3) is 0 Å². The molecule has 0 fully saturated rings. The van der Waals surface area contributed by atoms with Crippen molar-refractivity contribution in [1.82, 2.24) is 10.2 Å². The molecule has 0 aliphatic carbocycles. The monoisotopic (exact) mass is 640 g/mol. The second-order valence-corrected chi connectivity index (χ2v) is 12.4. The third kappa shape index (κ3) is 8.50. The van der Waals surface area contributed by atoms with Crippen molar-refractivity contribution in [2.75, 3.05) is 25.1 Å². The van der Waals surface area contributed by atoms with Gasteiger partial charge in [0.05, 0.1) is 29.7 Å². The lowest BCUT2D eigenvalue weighted by Crippen LogP contribution is -2.53. The number of nitro benzene ring substituents is 1. The van der Waals surface area contributed by atoms with Crippen molar-refractivity contribution >= 4 is 33.2 Å². The van der Waals surface area contributed by atoms with Gasteiger partial charge in [-0.05, 0) is 74.7 Å². The minimum atomic E-state index is -4.51. The predicted octanol–water partition coefficient (Wildman–Crippen LogP) is 4.84. The zero-order chi connectivity index (χ0) is 33.3. The third-order valence-corrected chi connectivity index (χ3v) is 9.27. The van der Waals surface area contributed by atoms with E-state index >= 15 is 0 Å². The van der Waals surface area contributed by atoms with Crippen LogP contribution in [-0.2, 0) is 26.2 Å². The molecule has 0 aromatic heterocycles. The normalized spacial score (nSPS) is 12.5. The summed E-state index contributed by atoms with van der Waals surface area (Å²) < 4.78 is 39.6. The smallest absolute Gasteiger partial charge is 0.273 e. The van der Waals surface area contributed by atoms with Gasteiger partial charge in [0.1, 0.15) is 24.1 Å². The fourth-order valence-electron chi connectivity index (χ4n) is 4.64. The quantitative estimate of drug-likeness (QED) is 0.183. The Morgan fingerprint density at radius 2 is 1.51 bits per heavy atom. The van der Waals surface area contributed by atoms with Crippen molar-refractivity contribution in [3.63, 3.8) is 0 Å². The Morgan fingerprint density at radius 1 is 0.933 bits per heavy atom. The summed E-state index contributed by atoms with van der Waals surface area (Å²) in [5.41, 5.74) is 0.751. The van der Waals surface area contributed by atoms with E-state index in [-0.39, 0.29) is 46.7 Å². The summed E-state index contributed by atoms with van der Waals surface area (Å²) in [5, 5.41) is 14.6. The highest BCUT2D eigenvalue weighted by Crippen LogP contribution is 2.30. The first-order chi connectivity index (χ1) is 21.4. The minimum absolute atomic E-state index is 0.0156. The molecule has 1 N–H and O–H groups in total. The minimum Gasteiger partial charge on any atom is -0.497 e. The number of sulfonamides is 1. The second kappa shape index (κ2) is 15.4. The third-order valence-electron chi connectivity index (χ3n) is 7.50. The lowest BCUT2D eigenvalue weighted by atomic mass is 10.1. The Labute approximate surface area is 264 Å². The average Bonchev–Trinajstić information content (AvgIpc) is 3.03. The first kappa shape index (κ1) is 34.8. The highest BCUT2D eigenvalue weighted by Gasteiger charge is 2.34. The summed E-state index contributed by atoms with van der Waals surface area (Å²) in [4.78, 5) is 39.6. The number of methoxy groups -OCH3 is 2. The topological polar surface area (TPSA) is 148 Å². The van der Waals surface area contributed by atoms with E-state index in [2.05, 4.69) is 5.32 Å². The molecule has 0 aliphatic rings. The van der Waals surface area contributed by atoms with Gasteiger partial charge < -0.3 is 19.7 Å². The van der Waals surface area contributed by atoms with Gasteiger partial charge in [-0.1, -0.05) is 32.0 Å². The summed E-state index contributed by atoms with van der Waals surface area (Å²) in [5.74, 6) is 0.0733. The summed E-state index contributed by atoms with van der Waals surface area (Å²) in [7, 11) is -1.51. The number of nitro groups is 1. The van der Waals surface area contributed by atoms with Crippen molar-refractivity contribution in [3.05, 3.63) is 88.0 Å². The standard InChI is InChI=1S/C32H40N4O8S/c1-7-23(4)33-32(38)29(8-2)34(20-24-10-14-26(43-5)15-11-24)31(37)21-35(25-12-16-27(44-6)17-13-25)45(41,42)28-18-9-22(3)30(19-28)36(39)40/h9-19,23,29H,7-8,20-21H2,1-6H3,(H,33,38)/t23-,29-/m1/s1. The maximum Gasteiger partial charge on any atom is 0.273 e. The molecule has 2 atom stereocenters. The number of anilines is 1. The molecule has 45 heavy (non-hydrogen) atoms. The van der Waals surface area contributed by atoms with Crippen molar-refractivity contribution in [2.45, 2.75) is 64.1 Å². The number of nitrogens with zero attached hydrogens (tertiary/aromatic N) is 3. The van der Waals surface area contributed by atoms with Gasteiger partial charge in [-0.15, -0.1) is 0 Å². The van der Waals surface area contributed by atoms with Gasteiger partial charge >= 0.3 is 0 Å². The Hall–Kier alpha value is -4.65. The lowest BCUT2D eigenvalue weighted by molar-refractivity contribution is -0.385. The van der Waals surface area contributed by atoms with Crippen molar-refractivity contribution in [1.29, 1.82) is 0 Å². The molecule has 0 spiro atoms. The van der Waals surface area contributed by atoms with Crippen LogP contribution in [0.15, 0.2) is 71.6 Å². The molecule has 3 rings (SSSR count). The first-order valence-corrected chi connectivity index (χ1v) is 15.9. The lowest BCUT2D eigenvalue weighted by Gasteiger charge is -2.33. The summed E-state index contributed by atoms with van der Waals surface area (Å²) in [6.07, 6.45) is 0.949. The fraction of sp³-hybridized carbons (Fsp3) is 0.375. The van der Waals surface area contributed by atoms with Gasteiger partial charge in [0.15, 0.2) is 0 Å². The van der Waals surface area contributed by atoms with E-state index < -0.39 is 33.4 Å². The maximum atomic E-state index is 14.2. The molecule has 0 radical (unpaired) electrons. The zero-order valence-corrected chi connectivity index (χ0v) is 27.2. The van der Waals surface area contributed by atoms with Crippen LogP contribution in [0.4, 0.5) is 11.4 Å². The molecule has 242 valence electrons. The van der Waals surface area contributed by atoms with Crippen LogP contribution in [-0.4, -0.2) is 62.9 Å². The number of carbonyl (C=O) groups excluding carboxylic acids is 2. The number of amides is 2. The van der Waals surface area contributed by atoms with E-state index in [1.54, 1.807) is 43.3 Å². The van der Waals surface area contributed by atoms with Crippen molar-refractivity contribution in [3.8, 4) is 11.5 Å². The van der Waals surface area contributed by atoms with E-state index in [1.807, 2.05) is 13.8 Å². The average molecular weight is 641 g/mol. The summed E-state index contributed by atoms with van der Waals surface area (Å²) in [6.45, 7) is 6.41. The molecular formula is C32H40N4O8S. The van der Waals surface area contributed by atoms with Crippen LogP contribution in [0.5, 0.6) is 11.5 Å². The van der Waals surface area contributed by atoms with Crippen LogP contribution in [0, 0.1) is 17.0 Å². The highest BCUT2D eigenvalue weighted by atomic mass is 32.2. The maximum absolute atomic E-state index is 14.2. The summed E-state index contributed by atoms with van der Waals surface area (Å²) >= 11 is 0. The van der Waals surface area contributed by atoms with E-state index in [4.69, 9.17) is 9.47 Å². The Balaban J connectivity index is 2.12. The number of hydrogen-bond acceptors (Lipinski definition) is 8. The largest absolute Gasteiger partial charge is 0.497 e. The van der Waals surface area contributed by atoms with E-state index in [0.29, 0.717) is 23.5 Å². The van der Waals surface area contributed by atoms with E-state index in [1.165, 1.54) is 50.3 Å². The molecule has 0 aliphatic heterocycles. The van der Waals surface area contributed by atoms with Crippen molar-refractivity contribution < 1.29 is 32.4 Å². The number of carbonyl (C=O) groups is 2. The molecule has 0 bridgehead atoms. The number of nitrogens with one attached hydrogen (secondary N) is 1. The predicted molar refractivity (Wildman–Crippen MR) is 171 cm³/mol. The van der Waals surface area contributed by atoms with E-state index in [0.717, 1.165) is 10.4 Å².